The van der Waals surface area contributed by atoms with Crippen molar-refractivity contribution in [2.24, 2.45) is 0 Å². The second kappa shape index (κ2) is 9.35. The summed E-state index contributed by atoms with van der Waals surface area (Å²) in [5, 5.41) is 22.0. The van der Waals surface area contributed by atoms with Crippen LogP contribution in [0.25, 0.3) is 0 Å². The van der Waals surface area contributed by atoms with Gasteiger partial charge in [-0.2, -0.15) is 0 Å². The smallest absolute Gasteiger partial charge is 0.326 e. The Kier molecular flexibility index (Phi) is 7.44. The zero-order valence-corrected chi connectivity index (χ0v) is 20.1. The Morgan fingerprint density at radius 2 is 1.81 bits per heavy atom. The minimum atomic E-state index is -4.03. The molecule has 0 saturated heterocycles. The number of rotatable bonds is 8. The van der Waals surface area contributed by atoms with Crippen molar-refractivity contribution in [2.45, 2.75) is 77.3 Å². The third kappa shape index (κ3) is 5.70. The van der Waals surface area contributed by atoms with Crippen LogP contribution in [0.3, 0.4) is 0 Å². The number of carboxylic acid groups (broad SMARTS) is 1. The second-order valence-corrected chi connectivity index (χ2v) is 10.3. The quantitative estimate of drug-likeness (QED) is 0.220. The van der Waals surface area contributed by atoms with E-state index in [0.29, 0.717) is 24.0 Å². The van der Waals surface area contributed by atoms with Gasteiger partial charge in [-0.15, -0.1) is 0 Å². The number of benzene rings is 1. The summed E-state index contributed by atoms with van der Waals surface area (Å²) in [6, 6.07) is -1.04. The van der Waals surface area contributed by atoms with E-state index in [1.165, 1.54) is 6.92 Å². The third-order valence-electron chi connectivity index (χ3n) is 5.44. The molecule has 1 amide bonds. The van der Waals surface area contributed by atoms with Crippen LogP contribution in [-0.2, 0) is 26.0 Å². The molecule has 178 valence electrons. The molecule has 0 fully saturated rings. The number of carbonyl (C=O) groups excluding carboxylic acids is 1. The van der Waals surface area contributed by atoms with Gasteiger partial charge in [-0.3, -0.25) is 10.2 Å². The third-order valence-corrected chi connectivity index (χ3v) is 7.07. The molecule has 0 aliphatic carbocycles. The zero-order chi connectivity index (χ0) is 24.4. The first-order chi connectivity index (χ1) is 14.7. The number of hydrogen-bond acceptors (Lipinski definition) is 6. The standard InChI is InChI=1S/C21H32N4O6S/c1-11-12(2)18(13(3)15-10-21(5,6)31-17(11)15)32(29,30)25-20(22)23-9-7-8-16(19(27)28)24-14(4)26/h16H,7-10H2,1-6H3,(H,24,26)(H,27,28)(H3,22,23,25)/t16-/m1/s1. The maximum Gasteiger partial charge on any atom is 0.326 e. The topological polar surface area (TPSA) is 158 Å². The van der Waals surface area contributed by atoms with Gasteiger partial charge < -0.3 is 20.5 Å². The molecule has 1 heterocycles. The van der Waals surface area contributed by atoms with Crippen LogP contribution in [-0.4, -0.2) is 49.5 Å². The largest absolute Gasteiger partial charge is 0.487 e. The molecule has 32 heavy (non-hydrogen) atoms. The lowest BCUT2D eigenvalue weighted by Crippen LogP contribution is -2.42. The van der Waals surface area contributed by atoms with Crippen molar-refractivity contribution in [1.82, 2.24) is 15.4 Å². The fourth-order valence-electron chi connectivity index (χ4n) is 3.89. The first kappa shape index (κ1) is 25.4. The van der Waals surface area contributed by atoms with E-state index < -0.39 is 39.5 Å². The van der Waals surface area contributed by atoms with E-state index in [0.717, 1.165) is 16.9 Å². The van der Waals surface area contributed by atoms with E-state index in [4.69, 9.17) is 15.3 Å². The minimum absolute atomic E-state index is 0.137. The number of sulfonamides is 1. The lowest BCUT2D eigenvalue weighted by Gasteiger charge is -2.19. The van der Waals surface area contributed by atoms with Crippen LogP contribution in [0.2, 0.25) is 0 Å². The molecular formula is C21H32N4O6S. The Morgan fingerprint density at radius 3 is 2.38 bits per heavy atom. The van der Waals surface area contributed by atoms with Crippen LogP contribution in [0.15, 0.2) is 4.90 Å². The Balaban J connectivity index is 2.08. The van der Waals surface area contributed by atoms with E-state index in [-0.39, 0.29) is 17.9 Å². The molecule has 0 bridgehead atoms. The fraction of sp³-hybridized carbons (Fsp3) is 0.571. The van der Waals surface area contributed by atoms with Gasteiger partial charge in [0.2, 0.25) is 11.9 Å². The van der Waals surface area contributed by atoms with Crippen LogP contribution >= 0.6 is 0 Å². The minimum Gasteiger partial charge on any atom is -0.487 e. The van der Waals surface area contributed by atoms with Gasteiger partial charge in [0.25, 0.3) is 10.0 Å². The summed E-state index contributed by atoms with van der Waals surface area (Å²) in [4.78, 5) is 22.3. The predicted octanol–water partition coefficient (Wildman–Crippen LogP) is 1.50. The summed E-state index contributed by atoms with van der Waals surface area (Å²) in [5.74, 6) is -1.29. The van der Waals surface area contributed by atoms with E-state index >= 15 is 0 Å². The molecule has 1 atom stereocenters. The summed E-state index contributed by atoms with van der Waals surface area (Å²) in [6.07, 6.45) is 1.04. The van der Waals surface area contributed by atoms with Crippen molar-refractivity contribution in [1.29, 1.82) is 5.41 Å². The van der Waals surface area contributed by atoms with Gasteiger partial charge in [0, 0.05) is 25.5 Å². The fourth-order valence-corrected chi connectivity index (χ4v) is 5.42. The summed E-state index contributed by atoms with van der Waals surface area (Å²) >= 11 is 0. The molecule has 1 aromatic rings. The number of aliphatic carboxylic acids is 1. The number of hydrogen-bond donors (Lipinski definition) is 5. The Labute approximate surface area is 188 Å². The molecule has 0 radical (unpaired) electrons. The van der Waals surface area contributed by atoms with Crippen LogP contribution < -0.4 is 20.1 Å². The van der Waals surface area contributed by atoms with Gasteiger partial charge in [0.15, 0.2) is 0 Å². The van der Waals surface area contributed by atoms with Crippen molar-refractivity contribution in [2.75, 3.05) is 6.54 Å². The van der Waals surface area contributed by atoms with E-state index in [2.05, 4.69) is 15.4 Å². The average Bonchev–Trinajstić information content (AvgIpc) is 2.97. The number of fused-ring (bicyclic) bond motifs is 1. The van der Waals surface area contributed by atoms with Crippen LogP contribution in [0.1, 0.15) is 55.9 Å². The molecule has 1 aliphatic rings. The molecule has 1 aromatic carbocycles. The number of nitrogens with one attached hydrogen (secondary N) is 4. The van der Waals surface area contributed by atoms with Gasteiger partial charge in [-0.05, 0) is 64.2 Å². The highest BCUT2D eigenvalue weighted by Crippen LogP contribution is 2.43. The molecule has 11 heteroatoms. The summed E-state index contributed by atoms with van der Waals surface area (Å²) in [6.45, 7) is 10.6. The molecule has 5 N–H and O–H groups in total. The summed E-state index contributed by atoms with van der Waals surface area (Å²) < 4.78 is 34.5. The Hall–Kier alpha value is -2.82. The number of ether oxygens (including phenoxy) is 1. The van der Waals surface area contributed by atoms with Gasteiger partial charge in [0.1, 0.15) is 17.4 Å². The van der Waals surface area contributed by atoms with Crippen molar-refractivity contribution in [3.63, 3.8) is 0 Å². The second-order valence-electron chi connectivity index (χ2n) is 8.69. The molecular weight excluding hydrogens is 436 g/mol. The van der Waals surface area contributed by atoms with E-state index in [9.17, 15) is 18.0 Å². The number of carbonyl (C=O) groups is 2. The van der Waals surface area contributed by atoms with Crippen LogP contribution in [0.4, 0.5) is 0 Å². The molecule has 2 rings (SSSR count). The molecule has 1 aliphatic heterocycles. The highest BCUT2D eigenvalue weighted by molar-refractivity contribution is 7.90. The lowest BCUT2D eigenvalue weighted by molar-refractivity contribution is -0.141. The highest BCUT2D eigenvalue weighted by Gasteiger charge is 2.36. The molecule has 10 nitrogen and oxygen atoms in total. The SMILES string of the molecule is CC(=O)N[C@H](CCCNC(=N)NS(=O)(=O)c1c(C)c(C)c2c(c1C)CC(C)(C)O2)C(=O)O. The monoisotopic (exact) mass is 468 g/mol. The average molecular weight is 469 g/mol. The van der Waals surface area contributed by atoms with Crippen molar-refractivity contribution in [3.8, 4) is 5.75 Å². The van der Waals surface area contributed by atoms with E-state index in [1.807, 2.05) is 20.8 Å². The maximum atomic E-state index is 13.1. The van der Waals surface area contributed by atoms with Crippen molar-refractivity contribution in [3.05, 3.63) is 22.3 Å². The van der Waals surface area contributed by atoms with Gasteiger partial charge in [0.05, 0.1) is 4.90 Å². The number of carboxylic acids is 1. The first-order valence-electron chi connectivity index (χ1n) is 10.3. The summed E-state index contributed by atoms with van der Waals surface area (Å²) in [5.41, 5.74) is 2.37. The van der Waals surface area contributed by atoms with E-state index in [1.54, 1.807) is 13.8 Å². The molecule has 0 unspecified atom stereocenters. The number of amides is 1. The van der Waals surface area contributed by atoms with Gasteiger partial charge >= 0.3 is 5.97 Å². The lowest BCUT2D eigenvalue weighted by atomic mass is 9.94. The zero-order valence-electron chi connectivity index (χ0n) is 19.3. The molecule has 0 spiro atoms. The Morgan fingerprint density at radius 1 is 1.19 bits per heavy atom. The normalized spacial score (nSPS) is 15.3. The summed E-state index contributed by atoms with van der Waals surface area (Å²) in [7, 11) is -4.03. The van der Waals surface area contributed by atoms with Gasteiger partial charge in [-0.1, -0.05) is 0 Å². The Bertz CT molecular complexity index is 1050. The number of guanidine groups is 1. The van der Waals surface area contributed by atoms with Crippen LogP contribution in [0.5, 0.6) is 5.75 Å². The van der Waals surface area contributed by atoms with Gasteiger partial charge in [-0.25, -0.2) is 17.9 Å². The van der Waals surface area contributed by atoms with Crippen LogP contribution in [0, 0.1) is 26.2 Å². The van der Waals surface area contributed by atoms with Crippen molar-refractivity contribution >= 4 is 27.9 Å². The maximum absolute atomic E-state index is 13.1. The van der Waals surface area contributed by atoms with Crippen molar-refractivity contribution < 1.29 is 27.9 Å². The first-order valence-corrected chi connectivity index (χ1v) is 11.8. The molecule has 0 saturated carbocycles. The predicted molar refractivity (Wildman–Crippen MR) is 120 cm³/mol. The highest BCUT2D eigenvalue weighted by atomic mass is 32.2. The molecule has 0 aromatic heterocycles.